The molecule has 0 aliphatic carbocycles. The van der Waals surface area contributed by atoms with E-state index in [1.54, 1.807) is 37.4 Å². The fraction of sp³-hybridized carbons (Fsp3) is 0.263. The Morgan fingerprint density at radius 3 is 1.96 bits per heavy atom. The second-order valence-electron chi connectivity index (χ2n) is 5.20. The molecule has 2 aromatic rings. The minimum Gasteiger partial charge on any atom is -0.493 e. The van der Waals surface area contributed by atoms with E-state index in [-0.39, 0.29) is 0 Å². The Hall–Kier alpha value is -3.42. The number of rotatable bonds is 8. The zero-order valence-corrected chi connectivity index (χ0v) is 15.9. The van der Waals surface area contributed by atoms with Crippen molar-refractivity contribution in [2.45, 2.75) is 0 Å². The van der Waals surface area contributed by atoms with E-state index in [0.29, 0.717) is 39.9 Å². The normalized spacial score (nSPS) is 10.4. The maximum atomic E-state index is 12.4. The Balaban J connectivity index is 2.22. The van der Waals surface area contributed by atoms with Crippen molar-refractivity contribution in [3.05, 3.63) is 41.5 Å². The Labute approximate surface area is 157 Å². The molecular formula is C19H22N2O6. The second-order valence-corrected chi connectivity index (χ2v) is 5.20. The maximum absolute atomic E-state index is 12.4. The predicted molar refractivity (Wildman–Crippen MR) is 101 cm³/mol. The topological polar surface area (TPSA) is 87.6 Å². The van der Waals surface area contributed by atoms with E-state index in [4.69, 9.17) is 23.7 Å². The first-order valence-electron chi connectivity index (χ1n) is 7.94. The number of ether oxygens (including phenoxy) is 5. The molecule has 0 unspecified atom stereocenters. The fourth-order valence-corrected chi connectivity index (χ4v) is 2.45. The molecule has 0 fully saturated rings. The van der Waals surface area contributed by atoms with Crippen molar-refractivity contribution in [2.24, 2.45) is 5.10 Å². The first-order chi connectivity index (χ1) is 13.1. The number of carbonyl (C=O) groups excluding carboxylic acids is 1. The molecule has 144 valence electrons. The molecule has 0 bridgehead atoms. The van der Waals surface area contributed by atoms with Crippen molar-refractivity contribution in [1.29, 1.82) is 0 Å². The van der Waals surface area contributed by atoms with Crippen LogP contribution in [0.5, 0.6) is 28.7 Å². The summed E-state index contributed by atoms with van der Waals surface area (Å²) in [6, 6.07) is 8.43. The molecule has 27 heavy (non-hydrogen) atoms. The molecule has 0 aromatic heterocycles. The standard InChI is InChI=1S/C19H22N2O6/c1-23-14-8-6-7-12(17(14)26-4)11-20-21-19(22)13-9-15(24-2)18(27-5)16(10-13)25-3/h6-11H,1-5H3,(H,21,22)/b20-11+. The van der Waals surface area contributed by atoms with E-state index in [1.165, 1.54) is 34.7 Å². The van der Waals surface area contributed by atoms with Crippen LogP contribution in [-0.2, 0) is 0 Å². The first-order valence-corrected chi connectivity index (χ1v) is 7.94. The summed E-state index contributed by atoms with van der Waals surface area (Å²) >= 11 is 0. The highest BCUT2D eigenvalue weighted by Gasteiger charge is 2.16. The molecule has 0 saturated carbocycles. The van der Waals surface area contributed by atoms with E-state index in [9.17, 15) is 4.79 Å². The zero-order chi connectivity index (χ0) is 19.8. The van der Waals surface area contributed by atoms with Gasteiger partial charge in [0.15, 0.2) is 23.0 Å². The predicted octanol–water partition coefficient (Wildman–Crippen LogP) is 2.49. The Morgan fingerprint density at radius 1 is 0.852 bits per heavy atom. The molecule has 0 spiro atoms. The lowest BCUT2D eigenvalue weighted by molar-refractivity contribution is 0.0954. The van der Waals surface area contributed by atoms with Gasteiger partial charge in [-0.3, -0.25) is 4.79 Å². The minimum atomic E-state index is -0.438. The lowest BCUT2D eigenvalue weighted by Crippen LogP contribution is -2.18. The third-order valence-electron chi connectivity index (χ3n) is 3.73. The number of carbonyl (C=O) groups is 1. The van der Waals surface area contributed by atoms with Gasteiger partial charge in [0.05, 0.1) is 41.8 Å². The van der Waals surface area contributed by atoms with Crippen LogP contribution in [-0.4, -0.2) is 47.7 Å². The molecule has 2 rings (SSSR count). The summed E-state index contributed by atoms with van der Waals surface area (Å²) in [5.74, 6) is 1.80. The van der Waals surface area contributed by atoms with Crippen molar-refractivity contribution in [3.8, 4) is 28.7 Å². The van der Waals surface area contributed by atoms with Crippen LogP contribution in [0.2, 0.25) is 0 Å². The van der Waals surface area contributed by atoms with Crippen molar-refractivity contribution in [1.82, 2.24) is 5.43 Å². The number of methoxy groups -OCH3 is 5. The molecule has 0 saturated heterocycles. The lowest BCUT2D eigenvalue weighted by Gasteiger charge is -2.13. The van der Waals surface area contributed by atoms with Crippen LogP contribution in [0.1, 0.15) is 15.9 Å². The molecule has 8 nitrogen and oxygen atoms in total. The van der Waals surface area contributed by atoms with Gasteiger partial charge < -0.3 is 23.7 Å². The third-order valence-corrected chi connectivity index (χ3v) is 3.73. The monoisotopic (exact) mass is 374 g/mol. The molecule has 0 aliphatic heterocycles. The maximum Gasteiger partial charge on any atom is 0.271 e. The van der Waals surface area contributed by atoms with Crippen LogP contribution in [0, 0.1) is 0 Å². The second kappa shape index (κ2) is 9.33. The Morgan fingerprint density at radius 2 is 1.44 bits per heavy atom. The average molecular weight is 374 g/mol. The van der Waals surface area contributed by atoms with Crippen molar-refractivity contribution >= 4 is 12.1 Å². The van der Waals surface area contributed by atoms with Gasteiger partial charge in [-0.25, -0.2) is 5.43 Å². The van der Waals surface area contributed by atoms with Gasteiger partial charge >= 0.3 is 0 Å². The average Bonchev–Trinajstić information content (AvgIpc) is 2.71. The van der Waals surface area contributed by atoms with Crippen LogP contribution >= 0.6 is 0 Å². The number of benzene rings is 2. The molecule has 0 radical (unpaired) electrons. The summed E-state index contributed by atoms with van der Waals surface area (Å²) in [4.78, 5) is 12.4. The minimum absolute atomic E-state index is 0.305. The van der Waals surface area contributed by atoms with Crippen molar-refractivity contribution < 1.29 is 28.5 Å². The van der Waals surface area contributed by atoms with Crippen LogP contribution in [0.3, 0.4) is 0 Å². The molecule has 0 aliphatic rings. The fourth-order valence-electron chi connectivity index (χ4n) is 2.45. The Kier molecular flexibility index (Phi) is 6.87. The van der Waals surface area contributed by atoms with Gasteiger partial charge in [-0.05, 0) is 24.3 Å². The van der Waals surface area contributed by atoms with Crippen LogP contribution in [0.4, 0.5) is 0 Å². The number of hydrazone groups is 1. The molecular weight excluding hydrogens is 352 g/mol. The zero-order valence-electron chi connectivity index (χ0n) is 15.9. The molecule has 1 amide bonds. The third kappa shape index (κ3) is 4.41. The molecule has 2 aromatic carbocycles. The highest BCUT2D eigenvalue weighted by Crippen LogP contribution is 2.38. The van der Waals surface area contributed by atoms with E-state index in [2.05, 4.69) is 10.5 Å². The SMILES string of the molecule is COc1cccc(/C=N/NC(=O)c2cc(OC)c(OC)c(OC)c2)c1OC. The summed E-state index contributed by atoms with van der Waals surface area (Å²) in [5.41, 5.74) is 3.42. The number of hydrogen-bond acceptors (Lipinski definition) is 7. The molecule has 1 N–H and O–H groups in total. The first kappa shape index (κ1) is 19.9. The molecule has 0 heterocycles. The van der Waals surface area contributed by atoms with Crippen LogP contribution in [0.15, 0.2) is 35.4 Å². The van der Waals surface area contributed by atoms with E-state index >= 15 is 0 Å². The smallest absolute Gasteiger partial charge is 0.271 e. The van der Waals surface area contributed by atoms with Gasteiger partial charge in [-0.1, -0.05) is 6.07 Å². The number of amides is 1. The number of hydrogen-bond donors (Lipinski definition) is 1. The van der Waals surface area contributed by atoms with Crippen LogP contribution in [0.25, 0.3) is 0 Å². The number of nitrogens with one attached hydrogen (secondary N) is 1. The summed E-state index contributed by atoms with van der Waals surface area (Å²) < 4.78 is 26.3. The van der Waals surface area contributed by atoms with Gasteiger partial charge in [-0.15, -0.1) is 0 Å². The van der Waals surface area contributed by atoms with Gasteiger partial charge in [-0.2, -0.15) is 5.10 Å². The number of para-hydroxylation sites is 1. The highest BCUT2D eigenvalue weighted by atomic mass is 16.5. The van der Waals surface area contributed by atoms with Crippen molar-refractivity contribution in [3.63, 3.8) is 0 Å². The van der Waals surface area contributed by atoms with Crippen LogP contribution < -0.4 is 29.1 Å². The summed E-state index contributed by atoms with van der Waals surface area (Å²) in [7, 11) is 7.53. The quantitative estimate of drug-likeness (QED) is 0.564. The largest absolute Gasteiger partial charge is 0.493 e. The van der Waals surface area contributed by atoms with E-state index in [0.717, 1.165) is 0 Å². The van der Waals surface area contributed by atoms with E-state index < -0.39 is 5.91 Å². The van der Waals surface area contributed by atoms with Gasteiger partial charge in [0.25, 0.3) is 5.91 Å². The van der Waals surface area contributed by atoms with Gasteiger partial charge in [0, 0.05) is 11.1 Å². The number of nitrogens with zero attached hydrogens (tertiary/aromatic N) is 1. The lowest BCUT2D eigenvalue weighted by atomic mass is 10.1. The molecule has 8 heteroatoms. The summed E-state index contributed by atoms with van der Waals surface area (Å²) in [5, 5.41) is 3.98. The summed E-state index contributed by atoms with van der Waals surface area (Å²) in [6.07, 6.45) is 1.47. The molecule has 0 atom stereocenters. The van der Waals surface area contributed by atoms with Gasteiger partial charge in [0.1, 0.15) is 0 Å². The summed E-state index contributed by atoms with van der Waals surface area (Å²) in [6.45, 7) is 0. The van der Waals surface area contributed by atoms with Crippen molar-refractivity contribution in [2.75, 3.05) is 35.5 Å². The van der Waals surface area contributed by atoms with Gasteiger partial charge in [0.2, 0.25) is 5.75 Å². The van der Waals surface area contributed by atoms with E-state index in [1.807, 2.05) is 0 Å². The highest BCUT2D eigenvalue weighted by molar-refractivity contribution is 5.96. The Bertz CT molecular complexity index is 810.